The molecule has 0 radical (unpaired) electrons. The van der Waals surface area contributed by atoms with E-state index in [2.05, 4.69) is 20.3 Å². The van der Waals surface area contributed by atoms with Gasteiger partial charge >= 0.3 is 0 Å². The summed E-state index contributed by atoms with van der Waals surface area (Å²) in [5.41, 5.74) is 5.87. The van der Waals surface area contributed by atoms with Crippen LogP contribution in [0.15, 0.2) is 18.5 Å². The van der Waals surface area contributed by atoms with Gasteiger partial charge in [-0.25, -0.2) is 4.98 Å². The highest BCUT2D eigenvalue weighted by Crippen LogP contribution is 2.30. The smallest absolute Gasteiger partial charge is 0.265 e. The summed E-state index contributed by atoms with van der Waals surface area (Å²) in [6.45, 7) is 3.13. The van der Waals surface area contributed by atoms with Crippen LogP contribution in [0, 0.1) is 0 Å². The topological polar surface area (TPSA) is 89.1 Å². The first kappa shape index (κ1) is 13.9. The fourth-order valence-electron chi connectivity index (χ4n) is 2.32. The minimum absolute atomic E-state index is 0.164. The van der Waals surface area contributed by atoms with E-state index in [0.717, 1.165) is 18.2 Å². The molecule has 1 fully saturated rings. The summed E-state index contributed by atoms with van der Waals surface area (Å²) in [7, 11) is 0. The van der Waals surface area contributed by atoms with Crippen LogP contribution in [0.5, 0.6) is 0 Å². The molecular weight excluding hydrogens is 288 g/mol. The highest BCUT2D eigenvalue weighted by atomic mass is 32.1. The van der Waals surface area contributed by atoms with Crippen LogP contribution in [0.1, 0.15) is 22.5 Å². The van der Waals surface area contributed by atoms with E-state index < -0.39 is 0 Å². The predicted molar refractivity (Wildman–Crippen MR) is 82.5 cm³/mol. The van der Waals surface area contributed by atoms with Crippen molar-refractivity contribution in [3.8, 4) is 0 Å². The molecule has 1 aliphatic rings. The molecule has 0 unspecified atom stereocenters. The van der Waals surface area contributed by atoms with Crippen LogP contribution >= 0.6 is 11.3 Å². The van der Waals surface area contributed by atoms with Crippen molar-refractivity contribution < 1.29 is 4.79 Å². The van der Waals surface area contributed by atoms with Gasteiger partial charge in [-0.2, -0.15) is 5.10 Å². The predicted octanol–water partition coefficient (Wildman–Crippen LogP) is 0.952. The van der Waals surface area contributed by atoms with Gasteiger partial charge in [0.05, 0.1) is 6.54 Å². The minimum atomic E-state index is -0.164. The molecule has 3 heterocycles. The summed E-state index contributed by atoms with van der Waals surface area (Å²) < 4.78 is 1.77. The average Bonchev–Trinajstić information content (AvgIpc) is 3.19. The molecule has 0 aliphatic carbocycles. The molecular formula is C13H18N6OS. The molecule has 2 aromatic rings. The van der Waals surface area contributed by atoms with Crippen molar-refractivity contribution in [1.82, 2.24) is 20.1 Å². The van der Waals surface area contributed by atoms with Gasteiger partial charge in [-0.05, 0) is 18.9 Å². The Balaban J connectivity index is 1.58. The molecule has 1 amide bonds. The van der Waals surface area contributed by atoms with Gasteiger partial charge in [0.15, 0.2) is 5.13 Å². The highest BCUT2D eigenvalue weighted by Gasteiger charge is 2.21. The first-order valence-electron chi connectivity index (χ1n) is 7.01. The molecule has 1 saturated heterocycles. The maximum absolute atomic E-state index is 12.2. The van der Waals surface area contributed by atoms with Crippen LogP contribution < -0.4 is 16.0 Å². The summed E-state index contributed by atoms with van der Waals surface area (Å²) in [6.07, 6.45) is 5.92. The SMILES string of the molecule is Nc1nc(N2CCCC2)sc1C(=O)NCCn1cccn1. The summed E-state index contributed by atoms with van der Waals surface area (Å²) >= 11 is 1.37. The van der Waals surface area contributed by atoms with E-state index in [9.17, 15) is 4.79 Å². The molecule has 7 nitrogen and oxygen atoms in total. The van der Waals surface area contributed by atoms with Crippen molar-refractivity contribution in [3.63, 3.8) is 0 Å². The lowest BCUT2D eigenvalue weighted by Gasteiger charge is -2.11. The zero-order valence-corrected chi connectivity index (χ0v) is 12.5. The van der Waals surface area contributed by atoms with Crippen LogP contribution in [-0.4, -0.2) is 40.3 Å². The molecule has 0 aromatic carbocycles. The highest BCUT2D eigenvalue weighted by molar-refractivity contribution is 7.18. The summed E-state index contributed by atoms with van der Waals surface area (Å²) in [4.78, 5) is 19.1. The van der Waals surface area contributed by atoms with Crippen molar-refractivity contribution >= 4 is 28.2 Å². The molecule has 8 heteroatoms. The summed E-state index contributed by atoms with van der Waals surface area (Å²) in [5.74, 6) is 0.154. The molecule has 0 atom stereocenters. The standard InChI is InChI=1S/C13H18N6OS/c14-11-10(21-13(17-11)18-6-1-2-7-18)12(20)15-5-9-19-8-3-4-16-19/h3-4,8H,1-2,5-7,9,14H2,(H,15,20). The largest absolute Gasteiger partial charge is 0.382 e. The number of amides is 1. The number of carbonyl (C=O) groups is 1. The maximum atomic E-state index is 12.2. The van der Waals surface area contributed by atoms with E-state index in [1.807, 2.05) is 12.3 Å². The number of aromatic nitrogens is 3. The van der Waals surface area contributed by atoms with Crippen LogP contribution in [0.2, 0.25) is 0 Å². The van der Waals surface area contributed by atoms with Gasteiger partial charge < -0.3 is 16.0 Å². The molecule has 1 aliphatic heterocycles. The number of thiazole rings is 1. The van der Waals surface area contributed by atoms with E-state index in [-0.39, 0.29) is 5.91 Å². The van der Waals surface area contributed by atoms with Gasteiger partial charge in [-0.1, -0.05) is 11.3 Å². The van der Waals surface area contributed by atoms with Crippen LogP contribution in [-0.2, 0) is 6.54 Å². The fourth-order valence-corrected chi connectivity index (χ4v) is 3.28. The Morgan fingerprint density at radius 3 is 2.95 bits per heavy atom. The fraction of sp³-hybridized carbons (Fsp3) is 0.462. The van der Waals surface area contributed by atoms with E-state index in [1.54, 1.807) is 10.9 Å². The zero-order chi connectivity index (χ0) is 14.7. The van der Waals surface area contributed by atoms with Gasteiger partial charge in [-0.15, -0.1) is 0 Å². The van der Waals surface area contributed by atoms with E-state index in [1.165, 1.54) is 24.2 Å². The summed E-state index contributed by atoms with van der Waals surface area (Å²) in [5, 5.41) is 7.79. The Labute approximate surface area is 126 Å². The first-order chi connectivity index (χ1) is 10.2. The number of rotatable bonds is 5. The van der Waals surface area contributed by atoms with Crippen molar-refractivity contribution in [2.75, 3.05) is 30.3 Å². The molecule has 0 bridgehead atoms. The van der Waals surface area contributed by atoms with E-state index >= 15 is 0 Å². The maximum Gasteiger partial charge on any atom is 0.265 e. The molecule has 3 N–H and O–H groups in total. The number of hydrogen-bond donors (Lipinski definition) is 2. The molecule has 112 valence electrons. The molecule has 21 heavy (non-hydrogen) atoms. The van der Waals surface area contributed by atoms with Crippen molar-refractivity contribution in [1.29, 1.82) is 0 Å². The lowest BCUT2D eigenvalue weighted by molar-refractivity contribution is 0.0956. The lowest BCUT2D eigenvalue weighted by atomic mass is 10.4. The van der Waals surface area contributed by atoms with E-state index in [0.29, 0.717) is 23.8 Å². The number of nitrogen functional groups attached to an aromatic ring is 1. The second-order valence-corrected chi connectivity index (χ2v) is 5.91. The zero-order valence-electron chi connectivity index (χ0n) is 11.7. The van der Waals surface area contributed by atoms with Crippen molar-refractivity contribution in [3.05, 3.63) is 23.3 Å². The Morgan fingerprint density at radius 2 is 2.24 bits per heavy atom. The number of nitrogens with two attached hydrogens (primary N) is 1. The average molecular weight is 306 g/mol. The second-order valence-electron chi connectivity index (χ2n) is 4.93. The Hall–Kier alpha value is -2.09. The monoisotopic (exact) mass is 306 g/mol. The number of nitrogens with one attached hydrogen (secondary N) is 1. The first-order valence-corrected chi connectivity index (χ1v) is 7.82. The Kier molecular flexibility index (Phi) is 4.05. The van der Waals surface area contributed by atoms with Crippen molar-refractivity contribution in [2.45, 2.75) is 19.4 Å². The molecule has 0 spiro atoms. The van der Waals surface area contributed by atoms with Gasteiger partial charge in [0, 0.05) is 32.0 Å². The van der Waals surface area contributed by atoms with E-state index in [4.69, 9.17) is 5.73 Å². The van der Waals surface area contributed by atoms with Gasteiger partial charge in [-0.3, -0.25) is 9.48 Å². The van der Waals surface area contributed by atoms with Crippen LogP contribution in [0.25, 0.3) is 0 Å². The third-order valence-corrected chi connectivity index (χ3v) is 4.54. The molecule has 3 rings (SSSR count). The number of carbonyl (C=O) groups excluding carboxylic acids is 1. The quantitative estimate of drug-likeness (QED) is 0.858. The Morgan fingerprint density at radius 1 is 1.43 bits per heavy atom. The van der Waals surface area contributed by atoms with Gasteiger partial charge in [0.1, 0.15) is 10.7 Å². The second kappa shape index (κ2) is 6.13. The molecule has 0 saturated carbocycles. The normalized spacial score (nSPS) is 14.6. The minimum Gasteiger partial charge on any atom is -0.382 e. The Bertz CT molecular complexity index is 602. The van der Waals surface area contributed by atoms with Crippen molar-refractivity contribution in [2.24, 2.45) is 0 Å². The number of hydrogen-bond acceptors (Lipinski definition) is 6. The third-order valence-electron chi connectivity index (χ3n) is 3.41. The van der Waals surface area contributed by atoms with Crippen LogP contribution in [0.3, 0.4) is 0 Å². The van der Waals surface area contributed by atoms with Crippen LogP contribution in [0.4, 0.5) is 10.9 Å². The number of nitrogens with zero attached hydrogens (tertiary/aromatic N) is 4. The van der Waals surface area contributed by atoms with Gasteiger partial charge in [0.25, 0.3) is 5.91 Å². The van der Waals surface area contributed by atoms with Gasteiger partial charge in [0.2, 0.25) is 0 Å². The third kappa shape index (κ3) is 3.15. The molecule has 2 aromatic heterocycles. The lowest BCUT2D eigenvalue weighted by Crippen LogP contribution is -2.27. The number of anilines is 2. The summed E-state index contributed by atoms with van der Waals surface area (Å²) in [6, 6.07) is 1.85.